The molecule has 19 heavy (non-hydrogen) atoms. The molecule has 1 aliphatic rings. The Bertz CT molecular complexity index is 415. The number of hydrogen-bond donors (Lipinski definition) is 2. The molecule has 0 aromatic heterocycles. The van der Waals surface area contributed by atoms with Crippen LogP contribution < -0.4 is 11.3 Å². The number of rotatable bonds is 4. The second kappa shape index (κ2) is 6.44. The summed E-state index contributed by atoms with van der Waals surface area (Å²) in [5, 5.41) is 0. The van der Waals surface area contributed by atoms with Gasteiger partial charge in [-0.25, -0.2) is 8.78 Å². The number of nitrogens with two attached hydrogens (primary N) is 1. The van der Waals surface area contributed by atoms with E-state index in [0.29, 0.717) is 11.5 Å². The minimum Gasteiger partial charge on any atom is -0.271 e. The van der Waals surface area contributed by atoms with Crippen molar-refractivity contribution in [3.05, 3.63) is 35.4 Å². The molecule has 1 aliphatic carbocycles. The Morgan fingerprint density at radius 2 is 1.95 bits per heavy atom. The van der Waals surface area contributed by atoms with Crippen LogP contribution in [-0.4, -0.2) is 0 Å². The van der Waals surface area contributed by atoms with Crippen LogP contribution in [-0.2, 0) is 0 Å². The summed E-state index contributed by atoms with van der Waals surface area (Å²) in [5.74, 6) is 5.65. The molecule has 0 aliphatic heterocycles. The molecule has 2 rings (SSSR count). The minimum atomic E-state index is -0.549. The van der Waals surface area contributed by atoms with Crippen molar-refractivity contribution in [1.82, 2.24) is 5.43 Å². The van der Waals surface area contributed by atoms with Gasteiger partial charge in [0, 0.05) is 11.6 Å². The molecule has 0 radical (unpaired) electrons. The maximum absolute atomic E-state index is 13.8. The lowest BCUT2D eigenvalue weighted by Crippen LogP contribution is -2.36. The third-order valence-corrected chi connectivity index (χ3v) is 4.42. The summed E-state index contributed by atoms with van der Waals surface area (Å²) in [6.45, 7) is 2.21. The Hall–Kier alpha value is -1.00. The van der Waals surface area contributed by atoms with Gasteiger partial charge in [-0.1, -0.05) is 32.3 Å². The van der Waals surface area contributed by atoms with E-state index in [4.69, 9.17) is 5.84 Å². The Morgan fingerprint density at radius 3 is 2.47 bits per heavy atom. The van der Waals surface area contributed by atoms with Gasteiger partial charge in [0.2, 0.25) is 0 Å². The summed E-state index contributed by atoms with van der Waals surface area (Å²) in [5.41, 5.74) is 3.19. The van der Waals surface area contributed by atoms with E-state index >= 15 is 0 Å². The van der Waals surface area contributed by atoms with E-state index in [0.717, 1.165) is 24.8 Å². The molecular weight excluding hydrogens is 246 g/mol. The summed E-state index contributed by atoms with van der Waals surface area (Å²) in [4.78, 5) is 0. The zero-order valence-corrected chi connectivity index (χ0v) is 11.3. The van der Waals surface area contributed by atoms with Crippen molar-refractivity contribution in [2.75, 3.05) is 0 Å². The topological polar surface area (TPSA) is 38.0 Å². The van der Waals surface area contributed by atoms with Crippen LogP contribution in [0.2, 0.25) is 0 Å². The van der Waals surface area contributed by atoms with Gasteiger partial charge >= 0.3 is 0 Å². The molecule has 1 fully saturated rings. The molecule has 4 heteroatoms. The fourth-order valence-corrected chi connectivity index (χ4v) is 3.16. The van der Waals surface area contributed by atoms with E-state index in [1.165, 1.54) is 31.4 Å². The predicted octanol–water partition coefficient (Wildman–Crippen LogP) is 3.69. The van der Waals surface area contributed by atoms with E-state index in [-0.39, 0.29) is 6.04 Å². The van der Waals surface area contributed by atoms with Crippen molar-refractivity contribution in [3.8, 4) is 0 Å². The average molecular weight is 268 g/mol. The highest BCUT2D eigenvalue weighted by Crippen LogP contribution is 2.38. The molecule has 0 heterocycles. The Labute approximate surface area is 113 Å². The van der Waals surface area contributed by atoms with Gasteiger partial charge in [-0.3, -0.25) is 11.3 Å². The van der Waals surface area contributed by atoms with Gasteiger partial charge < -0.3 is 0 Å². The van der Waals surface area contributed by atoms with E-state index in [1.54, 1.807) is 0 Å². The van der Waals surface area contributed by atoms with E-state index in [1.807, 2.05) is 0 Å². The summed E-state index contributed by atoms with van der Waals surface area (Å²) in [6.07, 6.45) is 5.64. The standard InChI is InChI=1S/C15H22F2N2/c1-2-10-3-5-11(6-4-10)15(19-18)13-8-7-12(16)9-14(13)17/h7-11,15,19H,2-6,18H2,1H3. The summed E-state index contributed by atoms with van der Waals surface area (Å²) >= 11 is 0. The van der Waals surface area contributed by atoms with Crippen LogP contribution in [0.5, 0.6) is 0 Å². The predicted molar refractivity (Wildman–Crippen MR) is 72.2 cm³/mol. The van der Waals surface area contributed by atoms with E-state index < -0.39 is 11.6 Å². The first kappa shape index (κ1) is 14.4. The molecule has 1 atom stereocenters. The molecular formula is C15H22F2N2. The molecule has 0 saturated heterocycles. The summed E-state index contributed by atoms with van der Waals surface area (Å²) < 4.78 is 26.8. The second-order valence-corrected chi connectivity index (χ2v) is 5.50. The monoisotopic (exact) mass is 268 g/mol. The molecule has 0 spiro atoms. The average Bonchev–Trinajstić information content (AvgIpc) is 2.42. The highest BCUT2D eigenvalue weighted by atomic mass is 19.1. The lowest BCUT2D eigenvalue weighted by Gasteiger charge is -2.33. The Morgan fingerprint density at radius 1 is 1.26 bits per heavy atom. The first-order valence-corrected chi connectivity index (χ1v) is 7.06. The largest absolute Gasteiger partial charge is 0.271 e. The summed E-state index contributed by atoms with van der Waals surface area (Å²) in [7, 11) is 0. The first-order valence-electron chi connectivity index (χ1n) is 7.06. The van der Waals surface area contributed by atoms with Crippen molar-refractivity contribution in [2.45, 2.75) is 45.1 Å². The molecule has 1 unspecified atom stereocenters. The van der Waals surface area contributed by atoms with Gasteiger partial charge in [-0.05, 0) is 30.7 Å². The van der Waals surface area contributed by atoms with Crippen molar-refractivity contribution in [1.29, 1.82) is 0 Å². The zero-order valence-electron chi connectivity index (χ0n) is 11.3. The fraction of sp³-hybridized carbons (Fsp3) is 0.600. The summed E-state index contributed by atoms with van der Waals surface area (Å²) in [6, 6.07) is 3.50. The molecule has 106 valence electrons. The quantitative estimate of drug-likeness (QED) is 0.645. The lowest BCUT2D eigenvalue weighted by atomic mass is 9.76. The Kier molecular flexibility index (Phi) is 4.88. The van der Waals surface area contributed by atoms with Crippen LogP contribution in [0.3, 0.4) is 0 Å². The highest BCUT2D eigenvalue weighted by molar-refractivity contribution is 5.23. The van der Waals surface area contributed by atoms with Crippen LogP contribution in [0.25, 0.3) is 0 Å². The number of nitrogens with one attached hydrogen (secondary N) is 1. The van der Waals surface area contributed by atoms with Crippen molar-refractivity contribution in [3.63, 3.8) is 0 Å². The van der Waals surface area contributed by atoms with Crippen LogP contribution in [0, 0.1) is 23.5 Å². The minimum absolute atomic E-state index is 0.224. The first-order chi connectivity index (χ1) is 9.15. The highest BCUT2D eigenvalue weighted by Gasteiger charge is 2.29. The molecule has 3 N–H and O–H groups in total. The van der Waals surface area contributed by atoms with Gasteiger partial charge in [-0.2, -0.15) is 0 Å². The maximum atomic E-state index is 13.8. The maximum Gasteiger partial charge on any atom is 0.130 e. The van der Waals surface area contributed by atoms with Gasteiger partial charge in [0.15, 0.2) is 0 Å². The number of benzene rings is 1. The van der Waals surface area contributed by atoms with Gasteiger partial charge in [0.05, 0.1) is 6.04 Å². The normalized spacial score (nSPS) is 25.3. The number of hydrogen-bond acceptors (Lipinski definition) is 2. The molecule has 1 saturated carbocycles. The van der Waals surface area contributed by atoms with Crippen LogP contribution in [0.1, 0.15) is 50.6 Å². The van der Waals surface area contributed by atoms with Crippen LogP contribution >= 0.6 is 0 Å². The Balaban J connectivity index is 2.12. The van der Waals surface area contributed by atoms with E-state index in [2.05, 4.69) is 12.3 Å². The number of halogens is 2. The molecule has 2 nitrogen and oxygen atoms in total. The van der Waals surface area contributed by atoms with Crippen molar-refractivity contribution < 1.29 is 8.78 Å². The lowest BCUT2D eigenvalue weighted by molar-refractivity contribution is 0.216. The third kappa shape index (κ3) is 3.31. The third-order valence-electron chi connectivity index (χ3n) is 4.42. The zero-order chi connectivity index (χ0) is 13.8. The number of hydrazine groups is 1. The molecule has 1 aromatic carbocycles. The second-order valence-electron chi connectivity index (χ2n) is 5.50. The fourth-order valence-electron chi connectivity index (χ4n) is 3.16. The van der Waals surface area contributed by atoms with Gasteiger partial charge in [0.1, 0.15) is 11.6 Å². The SMILES string of the molecule is CCC1CCC(C(NN)c2ccc(F)cc2F)CC1. The van der Waals surface area contributed by atoms with E-state index in [9.17, 15) is 8.78 Å². The molecule has 0 bridgehead atoms. The van der Waals surface area contributed by atoms with Crippen LogP contribution in [0.4, 0.5) is 8.78 Å². The smallest absolute Gasteiger partial charge is 0.130 e. The molecule has 0 amide bonds. The molecule has 1 aromatic rings. The van der Waals surface area contributed by atoms with Gasteiger partial charge in [-0.15, -0.1) is 0 Å². The van der Waals surface area contributed by atoms with Crippen molar-refractivity contribution in [2.24, 2.45) is 17.7 Å². The van der Waals surface area contributed by atoms with Gasteiger partial charge in [0.25, 0.3) is 0 Å². The van der Waals surface area contributed by atoms with Crippen LogP contribution in [0.15, 0.2) is 18.2 Å². The van der Waals surface area contributed by atoms with Crippen molar-refractivity contribution >= 4 is 0 Å².